The van der Waals surface area contributed by atoms with Crippen LogP contribution in [0.2, 0.25) is 0 Å². The molecule has 22 heavy (non-hydrogen) atoms. The summed E-state index contributed by atoms with van der Waals surface area (Å²) in [7, 11) is 0. The molecule has 112 valence electrons. The quantitative estimate of drug-likeness (QED) is 0.649. The Morgan fingerprint density at radius 2 is 1.82 bits per heavy atom. The number of carbonyl (C=O) groups excluding carboxylic acids is 1. The minimum Gasteiger partial charge on any atom is -0.482 e. The maximum absolute atomic E-state index is 11.3. The fraction of sp³-hybridized carbons (Fsp3) is 0.222. The molecule has 0 aliphatic heterocycles. The number of rotatable bonds is 6. The van der Waals surface area contributed by atoms with Gasteiger partial charge in [0.25, 0.3) is 5.01 Å². The zero-order chi connectivity index (χ0) is 15.4. The van der Waals surface area contributed by atoms with Gasteiger partial charge in [0.05, 0.1) is 6.42 Å². The highest BCUT2D eigenvalue weighted by Crippen LogP contribution is 2.22. The smallest absolute Gasteiger partial charge is 0.276 e. The number of carbonyl (C=O) groups is 1. The van der Waals surface area contributed by atoms with Crippen LogP contribution in [0.15, 0.2) is 54.6 Å². The standard InChI is InChI=1S/C18H18NO2S/c1-14(20)11-12-19-16-9-5-6-10-17(16)22-18(19)13-21-15-7-3-2-4-8-15/h2-10H,11-13H2,1H3/q+1. The number of para-hydroxylation sites is 2. The van der Waals surface area contributed by atoms with Gasteiger partial charge in [-0.05, 0) is 25.1 Å². The molecule has 0 spiro atoms. The van der Waals surface area contributed by atoms with E-state index >= 15 is 0 Å². The van der Waals surface area contributed by atoms with Crippen LogP contribution >= 0.6 is 11.3 Å². The summed E-state index contributed by atoms with van der Waals surface area (Å²) in [5, 5.41) is 1.13. The third-order valence-electron chi connectivity index (χ3n) is 3.48. The summed E-state index contributed by atoms with van der Waals surface area (Å²) in [4.78, 5) is 11.3. The van der Waals surface area contributed by atoms with Crippen LogP contribution in [0.1, 0.15) is 18.4 Å². The van der Waals surface area contributed by atoms with Crippen molar-refractivity contribution in [1.82, 2.24) is 0 Å². The first kappa shape index (κ1) is 14.7. The predicted molar refractivity (Wildman–Crippen MR) is 88.1 cm³/mol. The first-order valence-corrected chi connectivity index (χ1v) is 8.13. The van der Waals surface area contributed by atoms with Crippen molar-refractivity contribution in [2.75, 3.05) is 0 Å². The molecule has 0 atom stereocenters. The Balaban J connectivity index is 1.86. The van der Waals surface area contributed by atoms with Gasteiger partial charge in [-0.2, -0.15) is 4.57 Å². The lowest BCUT2D eigenvalue weighted by Gasteiger charge is -2.03. The number of hydrogen-bond donors (Lipinski definition) is 0. The van der Waals surface area contributed by atoms with Gasteiger partial charge in [-0.25, -0.2) is 0 Å². The molecule has 3 aromatic rings. The predicted octanol–water partition coefficient (Wildman–Crippen LogP) is 3.75. The average molecular weight is 312 g/mol. The van der Waals surface area contributed by atoms with E-state index in [9.17, 15) is 4.79 Å². The number of fused-ring (bicyclic) bond motifs is 1. The van der Waals surface area contributed by atoms with E-state index in [-0.39, 0.29) is 5.78 Å². The van der Waals surface area contributed by atoms with Gasteiger partial charge in [0, 0.05) is 6.07 Å². The Labute approximate surface area is 133 Å². The number of ether oxygens (including phenoxy) is 1. The maximum atomic E-state index is 11.3. The lowest BCUT2D eigenvalue weighted by molar-refractivity contribution is -0.674. The molecule has 1 heterocycles. The van der Waals surface area contributed by atoms with Crippen molar-refractivity contribution in [3.05, 3.63) is 59.6 Å². The van der Waals surface area contributed by atoms with Crippen molar-refractivity contribution in [2.24, 2.45) is 0 Å². The van der Waals surface area contributed by atoms with E-state index in [1.807, 2.05) is 42.5 Å². The van der Waals surface area contributed by atoms with Crippen molar-refractivity contribution >= 4 is 27.3 Å². The normalized spacial score (nSPS) is 10.8. The molecule has 4 heteroatoms. The summed E-state index contributed by atoms with van der Waals surface area (Å²) in [6.07, 6.45) is 0.545. The van der Waals surface area contributed by atoms with E-state index in [4.69, 9.17) is 4.74 Å². The first-order valence-electron chi connectivity index (χ1n) is 7.31. The number of aromatic nitrogens is 1. The van der Waals surface area contributed by atoms with Gasteiger partial charge < -0.3 is 4.74 Å². The van der Waals surface area contributed by atoms with E-state index in [0.717, 1.165) is 10.8 Å². The van der Waals surface area contributed by atoms with E-state index in [1.54, 1.807) is 18.3 Å². The molecule has 0 radical (unpaired) electrons. The lowest BCUT2D eigenvalue weighted by atomic mass is 10.3. The molecule has 0 unspecified atom stereocenters. The number of benzene rings is 2. The molecule has 1 aromatic heterocycles. The molecule has 0 amide bonds. The van der Waals surface area contributed by atoms with Crippen molar-refractivity contribution in [1.29, 1.82) is 0 Å². The molecule has 0 saturated carbocycles. The third kappa shape index (κ3) is 3.34. The van der Waals surface area contributed by atoms with Crippen molar-refractivity contribution in [3.8, 4) is 5.75 Å². The van der Waals surface area contributed by atoms with Crippen LogP contribution in [0.5, 0.6) is 5.75 Å². The Morgan fingerprint density at radius 3 is 2.59 bits per heavy atom. The highest BCUT2D eigenvalue weighted by molar-refractivity contribution is 7.18. The topological polar surface area (TPSA) is 30.2 Å². The molecule has 0 saturated heterocycles. The molecule has 0 aliphatic carbocycles. The number of nitrogens with zero attached hydrogens (tertiary/aromatic N) is 1. The molecule has 0 N–H and O–H groups in total. The molecule has 3 nitrogen and oxygen atoms in total. The molecular weight excluding hydrogens is 294 g/mol. The van der Waals surface area contributed by atoms with Crippen LogP contribution in [0.25, 0.3) is 10.2 Å². The van der Waals surface area contributed by atoms with Gasteiger partial charge in [0.15, 0.2) is 13.2 Å². The second-order valence-electron chi connectivity index (χ2n) is 5.17. The van der Waals surface area contributed by atoms with Crippen LogP contribution in [0.3, 0.4) is 0 Å². The Kier molecular flexibility index (Phi) is 4.49. The van der Waals surface area contributed by atoms with Crippen LogP contribution < -0.4 is 9.30 Å². The monoisotopic (exact) mass is 312 g/mol. The van der Waals surface area contributed by atoms with Gasteiger partial charge in [-0.1, -0.05) is 41.7 Å². The number of ketones is 1. The second kappa shape index (κ2) is 6.71. The van der Waals surface area contributed by atoms with Crippen molar-refractivity contribution < 1.29 is 14.1 Å². The third-order valence-corrected chi connectivity index (χ3v) is 4.62. The van der Waals surface area contributed by atoms with Crippen LogP contribution in [-0.2, 0) is 17.9 Å². The average Bonchev–Trinajstić information content (AvgIpc) is 2.89. The summed E-state index contributed by atoms with van der Waals surface area (Å²) in [6, 6.07) is 18.1. The van der Waals surface area contributed by atoms with E-state index in [2.05, 4.69) is 16.7 Å². The number of thiazole rings is 1. The Morgan fingerprint density at radius 1 is 1.09 bits per heavy atom. The molecular formula is C18H18NO2S+. The summed E-state index contributed by atoms with van der Waals surface area (Å²) >= 11 is 1.72. The SMILES string of the molecule is CC(=O)CC[n+]1c(COc2ccccc2)sc2ccccc21. The van der Waals surface area contributed by atoms with Crippen LogP contribution in [-0.4, -0.2) is 5.78 Å². The maximum Gasteiger partial charge on any atom is 0.276 e. The highest BCUT2D eigenvalue weighted by atomic mass is 32.1. The van der Waals surface area contributed by atoms with Gasteiger partial charge in [0.1, 0.15) is 16.2 Å². The minimum atomic E-state index is 0.206. The minimum absolute atomic E-state index is 0.206. The van der Waals surface area contributed by atoms with E-state index in [1.165, 1.54) is 10.2 Å². The van der Waals surface area contributed by atoms with Gasteiger partial charge in [-0.3, -0.25) is 4.79 Å². The Hall–Kier alpha value is -2.20. The van der Waals surface area contributed by atoms with E-state index in [0.29, 0.717) is 19.6 Å². The molecule has 3 rings (SSSR count). The van der Waals surface area contributed by atoms with Crippen molar-refractivity contribution in [3.63, 3.8) is 0 Å². The lowest BCUT2D eigenvalue weighted by Crippen LogP contribution is -2.37. The fourth-order valence-electron chi connectivity index (χ4n) is 2.37. The van der Waals surface area contributed by atoms with E-state index < -0.39 is 0 Å². The zero-order valence-corrected chi connectivity index (χ0v) is 13.3. The number of Topliss-reactive ketones (excluding diaryl/α,β-unsaturated/α-hetero) is 1. The molecule has 0 aliphatic rings. The summed E-state index contributed by atoms with van der Waals surface area (Å²) < 4.78 is 9.29. The second-order valence-corrected chi connectivity index (χ2v) is 6.28. The van der Waals surface area contributed by atoms with Gasteiger partial charge >= 0.3 is 0 Å². The van der Waals surface area contributed by atoms with Crippen LogP contribution in [0, 0.1) is 0 Å². The van der Waals surface area contributed by atoms with Gasteiger partial charge in [0.2, 0.25) is 5.52 Å². The highest BCUT2D eigenvalue weighted by Gasteiger charge is 2.20. The van der Waals surface area contributed by atoms with Crippen LogP contribution in [0.4, 0.5) is 0 Å². The summed E-state index contributed by atoms with van der Waals surface area (Å²) in [5.74, 6) is 1.07. The summed E-state index contributed by atoms with van der Waals surface area (Å²) in [5.41, 5.74) is 1.17. The fourth-order valence-corrected chi connectivity index (χ4v) is 3.47. The number of aryl methyl sites for hydroxylation is 1. The molecule has 0 fully saturated rings. The molecule has 0 bridgehead atoms. The number of hydrogen-bond acceptors (Lipinski definition) is 3. The van der Waals surface area contributed by atoms with Gasteiger partial charge in [-0.15, -0.1) is 0 Å². The van der Waals surface area contributed by atoms with Crippen molar-refractivity contribution in [2.45, 2.75) is 26.5 Å². The summed E-state index contributed by atoms with van der Waals surface area (Å²) in [6.45, 7) is 2.85. The zero-order valence-electron chi connectivity index (χ0n) is 12.5. The first-order chi connectivity index (χ1) is 10.7. The largest absolute Gasteiger partial charge is 0.482 e. The Bertz CT molecular complexity index is 780. The molecule has 2 aromatic carbocycles.